The third kappa shape index (κ3) is 12.1. The Morgan fingerprint density at radius 3 is 1.56 bits per heavy atom. The lowest BCUT2D eigenvalue weighted by atomic mass is 9.96. The van der Waals surface area contributed by atoms with Crippen LogP contribution in [0.25, 0.3) is 0 Å². The maximum absolute atomic E-state index is 3.89. The molecule has 0 saturated carbocycles. The first-order valence-electron chi connectivity index (χ1n) is 7.39. The van der Waals surface area contributed by atoms with E-state index in [0.29, 0.717) is 0 Å². The van der Waals surface area contributed by atoms with E-state index in [-0.39, 0.29) is 0 Å². The summed E-state index contributed by atoms with van der Waals surface area (Å²) in [4.78, 5) is 0. The molecule has 0 aromatic heterocycles. The Balaban J connectivity index is 3.06. The lowest BCUT2D eigenvalue weighted by molar-refractivity contribution is 0.438. The van der Waals surface area contributed by atoms with Crippen LogP contribution in [0.4, 0.5) is 0 Å². The van der Waals surface area contributed by atoms with E-state index in [1.807, 2.05) is 0 Å². The minimum atomic E-state index is 0.936. The van der Waals surface area contributed by atoms with Gasteiger partial charge in [-0.25, -0.2) is 0 Å². The Labute approximate surface area is 104 Å². The first-order valence-corrected chi connectivity index (χ1v) is 7.39. The van der Waals surface area contributed by atoms with E-state index < -0.39 is 0 Å². The molecule has 0 spiro atoms. The second-order valence-electron chi connectivity index (χ2n) is 5.22. The maximum Gasteiger partial charge on any atom is -0.0443 e. The van der Waals surface area contributed by atoms with Crippen LogP contribution in [-0.2, 0) is 0 Å². The van der Waals surface area contributed by atoms with Crippen LogP contribution in [0.3, 0.4) is 0 Å². The predicted octanol–water partition coefficient (Wildman–Crippen LogP) is 5.97. The highest BCUT2D eigenvalue weighted by atomic mass is 14.1. The summed E-state index contributed by atoms with van der Waals surface area (Å²) in [5.41, 5.74) is 0. The summed E-state index contributed by atoms with van der Waals surface area (Å²) >= 11 is 0. The van der Waals surface area contributed by atoms with Crippen LogP contribution in [0.1, 0.15) is 84.0 Å². The van der Waals surface area contributed by atoms with Crippen LogP contribution in [0, 0.1) is 19.8 Å². The van der Waals surface area contributed by atoms with Gasteiger partial charge in [0.2, 0.25) is 0 Å². The average molecular weight is 224 g/mol. The molecule has 0 N–H and O–H groups in total. The fourth-order valence-corrected chi connectivity index (χ4v) is 2.19. The number of hydrogen-bond acceptors (Lipinski definition) is 0. The van der Waals surface area contributed by atoms with Crippen molar-refractivity contribution in [2.45, 2.75) is 84.0 Å². The summed E-state index contributed by atoms with van der Waals surface area (Å²) in [6, 6.07) is 0. The summed E-state index contributed by atoms with van der Waals surface area (Å²) in [5.74, 6) is 0.936. The predicted molar refractivity (Wildman–Crippen MR) is 75.3 cm³/mol. The highest BCUT2D eigenvalue weighted by Gasteiger charge is 2.01. The molecule has 0 aromatic rings. The third-order valence-electron chi connectivity index (χ3n) is 3.39. The van der Waals surface area contributed by atoms with Crippen molar-refractivity contribution >= 4 is 0 Å². The molecule has 0 heterocycles. The van der Waals surface area contributed by atoms with Crippen LogP contribution >= 0.6 is 0 Å². The van der Waals surface area contributed by atoms with Gasteiger partial charge in [-0.2, -0.15) is 0 Å². The molecule has 16 heavy (non-hydrogen) atoms. The van der Waals surface area contributed by atoms with Gasteiger partial charge in [-0.15, -0.1) is 0 Å². The molecule has 2 radical (unpaired) electrons. The van der Waals surface area contributed by atoms with Gasteiger partial charge in [-0.1, -0.05) is 97.8 Å². The largest absolute Gasteiger partial charge is 0.0625 e. The van der Waals surface area contributed by atoms with Crippen molar-refractivity contribution in [3.05, 3.63) is 13.8 Å². The molecule has 0 nitrogen and oxygen atoms in total. The summed E-state index contributed by atoms with van der Waals surface area (Å²) in [6.45, 7) is 10.2. The van der Waals surface area contributed by atoms with Crippen molar-refractivity contribution in [1.82, 2.24) is 0 Å². The minimum Gasteiger partial charge on any atom is -0.0625 e. The average Bonchev–Trinajstić information content (AvgIpc) is 2.28. The fraction of sp³-hybridized carbons (Fsp3) is 0.875. The number of unbranched alkanes of at least 4 members (excludes halogenated alkanes) is 8. The lowest BCUT2D eigenvalue weighted by Gasteiger charge is -2.10. The van der Waals surface area contributed by atoms with Gasteiger partial charge in [0.1, 0.15) is 0 Å². The van der Waals surface area contributed by atoms with Crippen molar-refractivity contribution in [1.29, 1.82) is 0 Å². The van der Waals surface area contributed by atoms with Crippen LogP contribution in [-0.4, -0.2) is 0 Å². The van der Waals surface area contributed by atoms with E-state index in [1.165, 1.54) is 64.2 Å². The van der Waals surface area contributed by atoms with Gasteiger partial charge < -0.3 is 0 Å². The highest BCUT2D eigenvalue weighted by Crippen LogP contribution is 2.17. The van der Waals surface area contributed by atoms with Crippen molar-refractivity contribution < 1.29 is 0 Å². The molecule has 0 aromatic carbocycles. The maximum atomic E-state index is 3.89. The third-order valence-corrected chi connectivity index (χ3v) is 3.39. The van der Waals surface area contributed by atoms with E-state index >= 15 is 0 Å². The normalized spacial score (nSPS) is 12.9. The Morgan fingerprint density at radius 1 is 0.625 bits per heavy atom. The second-order valence-corrected chi connectivity index (χ2v) is 5.22. The first-order chi connectivity index (χ1) is 7.81. The summed E-state index contributed by atoms with van der Waals surface area (Å²) in [7, 11) is 0. The Morgan fingerprint density at radius 2 is 1.00 bits per heavy atom. The highest BCUT2D eigenvalue weighted by molar-refractivity contribution is 4.55. The van der Waals surface area contributed by atoms with Crippen LogP contribution in [0.5, 0.6) is 0 Å². The van der Waals surface area contributed by atoms with E-state index in [0.717, 1.165) is 18.8 Å². The van der Waals surface area contributed by atoms with Gasteiger partial charge >= 0.3 is 0 Å². The summed E-state index contributed by atoms with van der Waals surface area (Å²) in [5, 5.41) is 0. The topological polar surface area (TPSA) is 0 Å². The molecular weight excluding hydrogens is 192 g/mol. The summed E-state index contributed by atoms with van der Waals surface area (Å²) in [6.07, 6.45) is 16.2. The van der Waals surface area contributed by atoms with Gasteiger partial charge in [0, 0.05) is 0 Å². The fourth-order valence-electron chi connectivity index (χ4n) is 2.19. The van der Waals surface area contributed by atoms with Gasteiger partial charge in [-0.3, -0.25) is 0 Å². The van der Waals surface area contributed by atoms with Crippen molar-refractivity contribution in [3.8, 4) is 0 Å². The standard InChI is InChI=1S/C16H32/c1-4-6-8-9-10-11-13-15-16(3)14-12-7-5-2/h16H,1-2,4-15H2,3H3. The first kappa shape index (κ1) is 16.0. The molecule has 0 amide bonds. The van der Waals surface area contributed by atoms with Crippen LogP contribution in [0.15, 0.2) is 0 Å². The molecular formula is C16H32. The Bertz CT molecular complexity index is 117. The Hall–Kier alpha value is 0. The van der Waals surface area contributed by atoms with E-state index in [4.69, 9.17) is 0 Å². The molecule has 0 aliphatic heterocycles. The van der Waals surface area contributed by atoms with Gasteiger partial charge in [0.15, 0.2) is 0 Å². The van der Waals surface area contributed by atoms with E-state index in [2.05, 4.69) is 20.8 Å². The molecule has 0 saturated heterocycles. The summed E-state index contributed by atoms with van der Waals surface area (Å²) < 4.78 is 0. The molecule has 0 heteroatoms. The minimum absolute atomic E-state index is 0.936. The van der Waals surface area contributed by atoms with Crippen LogP contribution in [0.2, 0.25) is 0 Å². The molecule has 0 fully saturated rings. The quantitative estimate of drug-likeness (QED) is 0.358. The van der Waals surface area contributed by atoms with Gasteiger partial charge in [0.05, 0.1) is 0 Å². The molecule has 0 aliphatic rings. The smallest absolute Gasteiger partial charge is 0.0443 e. The van der Waals surface area contributed by atoms with Gasteiger partial charge in [-0.05, 0) is 5.92 Å². The lowest BCUT2D eigenvalue weighted by Crippen LogP contribution is -1.94. The van der Waals surface area contributed by atoms with Crippen molar-refractivity contribution in [2.75, 3.05) is 0 Å². The zero-order valence-electron chi connectivity index (χ0n) is 11.5. The zero-order valence-corrected chi connectivity index (χ0v) is 11.5. The number of hydrogen-bond donors (Lipinski definition) is 0. The molecule has 0 rings (SSSR count). The van der Waals surface area contributed by atoms with E-state index in [9.17, 15) is 0 Å². The number of rotatable bonds is 12. The van der Waals surface area contributed by atoms with Crippen LogP contribution < -0.4 is 0 Å². The molecule has 1 atom stereocenters. The van der Waals surface area contributed by atoms with Crippen molar-refractivity contribution in [3.63, 3.8) is 0 Å². The van der Waals surface area contributed by atoms with Crippen molar-refractivity contribution in [2.24, 2.45) is 5.92 Å². The molecule has 1 unspecified atom stereocenters. The monoisotopic (exact) mass is 224 g/mol. The Kier molecular flexibility index (Phi) is 13.1. The van der Waals surface area contributed by atoms with E-state index in [1.54, 1.807) is 0 Å². The molecule has 0 aliphatic carbocycles. The molecule has 96 valence electrons. The zero-order chi connectivity index (χ0) is 12.1. The molecule has 0 bridgehead atoms. The SMILES string of the molecule is [CH2]CCCCCCCCC(C)CCCC[CH2]. The second kappa shape index (κ2) is 13.1. The van der Waals surface area contributed by atoms with Gasteiger partial charge in [0.25, 0.3) is 0 Å².